The van der Waals surface area contributed by atoms with Gasteiger partial charge in [-0.15, -0.1) is 0 Å². The Hall–Kier alpha value is -2.16. The number of hydrogen-bond donors (Lipinski definition) is 1. The molecule has 1 unspecified atom stereocenters. The molecule has 0 saturated heterocycles. The lowest BCUT2D eigenvalue weighted by atomic mass is 10.2. The van der Waals surface area contributed by atoms with Crippen LogP contribution in [0.25, 0.3) is 0 Å². The van der Waals surface area contributed by atoms with Crippen LogP contribution in [-0.4, -0.2) is 13.2 Å². The van der Waals surface area contributed by atoms with Gasteiger partial charge >= 0.3 is 0 Å². The topological polar surface area (TPSA) is 30.5 Å². The van der Waals surface area contributed by atoms with Crippen LogP contribution in [0.5, 0.6) is 11.5 Å². The van der Waals surface area contributed by atoms with E-state index in [9.17, 15) is 0 Å². The largest absolute Gasteiger partial charge is 0.496 e. The van der Waals surface area contributed by atoms with Crippen LogP contribution in [0.2, 0.25) is 0 Å². The van der Waals surface area contributed by atoms with E-state index in [0.29, 0.717) is 0 Å². The van der Waals surface area contributed by atoms with Crippen molar-refractivity contribution in [2.75, 3.05) is 12.4 Å². The highest BCUT2D eigenvalue weighted by Crippen LogP contribution is 2.21. The first-order valence-electron chi connectivity index (χ1n) is 7.35. The molecule has 0 aromatic heterocycles. The molecule has 3 heteroatoms. The van der Waals surface area contributed by atoms with Crippen LogP contribution in [0.1, 0.15) is 25.8 Å². The molecule has 3 nitrogen and oxygen atoms in total. The van der Waals surface area contributed by atoms with Crippen LogP contribution >= 0.6 is 0 Å². The summed E-state index contributed by atoms with van der Waals surface area (Å²) in [6, 6.07) is 16.1. The van der Waals surface area contributed by atoms with E-state index in [1.165, 1.54) is 0 Å². The zero-order chi connectivity index (χ0) is 15.1. The van der Waals surface area contributed by atoms with Gasteiger partial charge in [0, 0.05) is 17.8 Å². The van der Waals surface area contributed by atoms with Crippen LogP contribution in [0.3, 0.4) is 0 Å². The van der Waals surface area contributed by atoms with Gasteiger partial charge in [0.15, 0.2) is 0 Å². The number of methoxy groups -OCH3 is 1. The number of ether oxygens (including phenoxy) is 2. The molecule has 2 aromatic carbocycles. The van der Waals surface area contributed by atoms with Gasteiger partial charge in [0.2, 0.25) is 0 Å². The van der Waals surface area contributed by atoms with Crippen LogP contribution in [0.15, 0.2) is 48.5 Å². The van der Waals surface area contributed by atoms with E-state index < -0.39 is 0 Å². The lowest BCUT2D eigenvalue weighted by Gasteiger charge is -2.14. The Bertz CT molecular complexity index is 551. The zero-order valence-corrected chi connectivity index (χ0v) is 12.9. The summed E-state index contributed by atoms with van der Waals surface area (Å²) < 4.78 is 11.1. The normalized spacial score (nSPS) is 11.8. The van der Waals surface area contributed by atoms with E-state index in [1.807, 2.05) is 42.5 Å². The first-order valence-corrected chi connectivity index (χ1v) is 7.35. The molecule has 0 saturated carbocycles. The zero-order valence-electron chi connectivity index (χ0n) is 12.9. The van der Waals surface area contributed by atoms with Crippen LogP contribution in [0, 0.1) is 0 Å². The maximum Gasteiger partial charge on any atom is 0.123 e. The lowest BCUT2D eigenvalue weighted by molar-refractivity contribution is 0.217. The Balaban J connectivity index is 1.94. The van der Waals surface area contributed by atoms with Crippen molar-refractivity contribution in [1.29, 1.82) is 0 Å². The molecule has 0 radical (unpaired) electrons. The highest BCUT2D eigenvalue weighted by Gasteiger charge is 2.03. The summed E-state index contributed by atoms with van der Waals surface area (Å²) in [4.78, 5) is 0. The molecule has 21 heavy (non-hydrogen) atoms. The monoisotopic (exact) mass is 285 g/mol. The second-order valence-corrected chi connectivity index (χ2v) is 5.03. The number of rotatable bonds is 7. The van der Waals surface area contributed by atoms with Crippen LogP contribution in [-0.2, 0) is 6.54 Å². The molecular formula is C18H23NO2. The minimum absolute atomic E-state index is 0.248. The van der Waals surface area contributed by atoms with Gasteiger partial charge in [-0.2, -0.15) is 0 Å². The summed E-state index contributed by atoms with van der Waals surface area (Å²) in [5, 5.41) is 3.39. The number of benzene rings is 2. The fraction of sp³-hybridized carbons (Fsp3) is 0.333. The molecule has 0 aliphatic rings. The molecule has 0 aliphatic heterocycles. The Morgan fingerprint density at radius 3 is 2.43 bits per heavy atom. The molecule has 1 N–H and O–H groups in total. The van der Waals surface area contributed by atoms with Gasteiger partial charge in [-0.05, 0) is 43.7 Å². The molecule has 0 bridgehead atoms. The maximum atomic E-state index is 5.77. The molecule has 0 amide bonds. The average molecular weight is 285 g/mol. The Kier molecular flexibility index (Phi) is 5.50. The number of hydrogen-bond acceptors (Lipinski definition) is 3. The molecule has 2 rings (SSSR count). The minimum Gasteiger partial charge on any atom is -0.496 e. The van der Waals surface area contributed by atoms with Crippen LogP contribution < -0.4 is 14.8 Å². The molecule has 0 spiro atoms. The summed E-state index contributed by atoms with van der Waals surface area (Å²) in [6.07, 6.45) is 1.26. The third-order valence-corrected chi connectivity index (χ3v) is 3.44. The van der Waals surface area contributed by atoms with E-state index in [4.69, 9.17) is 9.47 Å². The molecule has 0 fully saturated rings. The van der Waals surface area contributed by atoms with Crippen molar-refractivity contribution in [2.45, 2.75) is 32.9 Å². The van der Waals surface area contributed by atoms with Crippen molar-refractivity contribution >= 4 is 5.69 Å². The Labute approximate surface area is 126 Å². The second kappa shape index (κ2) is 7.58. The Morgan fingerprint density at radius 2 is 1.76 bits per heavy atom. The Morgan fingerprint density at radius 1 is 1.05 bits per heavy atom. The highest BCUT2D eigenvalue weighted by atomic mass is 16.5. The third-order valence-electron chi connectivity index (χ3n) is 3.44. The summed E-state index contributed by atoms with van der Waals surface area (Å²) >= 11 is 0. The fourth-order valence-electron chi connectivity index (χ4n) is 2.01. The van der Waals surface area contributed by atoms with Crippen molar-refractivity contribution in [3.63, 3.8) is 0 Å². The van der Waals surface area contributed by atoms with Crippen molar-refractivity contribution in [2.24, 2.45) is 0 Å². The number of nitrogens with one attached hydrogen (secondary N) is 1. The average Bonchev–Trinajstić information content (AvgIpc) is 2.54. The number of anilines is 1. The van der Waals surface area contributed by atoms with Gasteiger partial charge in [-0.25, -0.2) is 0 Å². The van der Waals surface area contributed by atoms with E-state index >= 15 is 0 Å². The second-order valence-electron chi connectivity index (χ2n) is 5.03. The predicted octanol–water partition coefficient (Wildman–Crippen LogP) is 4.48. The fourth-order valence-corrected chi connectivity index (χ4v) is 2.01. The van der Waals surface area contributed by atoms with Crippen molar-refractivity contribution < 1.29 is 9.47 Å². The molecule has 0 heterocycles. The van der Waals surface area contributed by atoms with Gasteiger partial charge in [0.1, 0.15) is 11.5 Å². The van der Waals surface area contributed by atoms with Crippen LogP contribution in [0.4, 0.5) is 5.69 Å². The summed E-state index contributed by atoms with van der Waals surface area (Å²) in [5.74, 6) is 1.81. The smallest absolute Gasteiger partial charge is 0.123 e. The highest BCUT2D eigenvalue weighted by molar-refractivity contribution is 5.47. The summed E-state index contributed by atoms with van der Waals surface area (Å²) in [7, 11) is 1.69. The van der Waals surface area contributed by atoms with E-state index in [-0.39, 0.29) is 6.10 Å². The molecule has 112 valence electrons. The molecule has 1 atom stereocenters. The molecule has 2 aromatic rings. The van der Waals surface area contributed by atoms with E-state index in [2.05, 4.69) is 25.2 Å². The molecule has 0 aliphatic carbocycles. The first kappa shape index (κ1) is 15.2. The van der Waals surface area contributed by atoms with Gasteiger partial charge in [-0.3, -0.25) is 0 Å². The van der Waals surface area contributed by atoms with Crippen molar-refractivity contribution in [1.82, 2.24) is 0 Å². The van der Waals surface area contributed by atoms with Gasteiger partial charge in [0.05, 0.1) is 13.2 Å². The predicted molar refractivity (Wildman–Crippen MR) is 87.1 cm³/mol. The standard InChI is InChI=1S/C18H23NO2/c1-4-14(2)21-17-11-9-16(10-12-17)19-13-15-7-5-6-8-18(15)20-3/h5-12,14,19H,4,13H2,1-3H3. The molecular weight excluding hydrogens is 262 g/mol. The van der Waals surface area contributed by atoms with Crippen molar-refractivity contribution in [3.05, 3.63) is 54.1 Å². The first-order chi connectivity index (χ1) is 10.2. The summed E-state index contributed by atoms with van der Waals surface area (Å²) in [5.41, 5.74) is 2.21. The van der Waals surface area contributed by atoms with Crippen molar-refractivity contribution in [3.8, 4) is 11.5 Å². The van der Waals surface area contributed by atoms with Gasteiger partial charge in [0.25, 0.3) is 0 Å². The maximum absolute atomic E-state index is 5.77. The lowest BCUT2D eigenvalue weighted by Crippen LogP contribution is -2.09. The number of para-hydroxylation sites is 1. The van der Waals surface area contributed by atoms with E-state index in [0.717, 1.165) is 35.7 Å². The minimum atomic E-state index is 0.248. The quantitative estimate of drug-likeness (QED) is 0.813. The SMILES string of the molecule is CCC(C)Oc1ccc(NCc2ccccc2OC)cc1. The van der Waals surface area contributed by atoms with Gasteiger partial charge in [-0.1, -0.05) is 25.1 Å². The third kappa shape index (κ3) is 4.42. The summed E-state index contributed by atoms with van der Waals surface area (Å²) in [6.45, 7) is 4.93. The van der Waals surface area contributed by atoms with E-state index in [1.54, 1.807) is 7.11 Å². The van der Waals surface area contributed by atoms with Gasteiger partial charge < -0.3 is 14.8 Å².